The zero-order valence-electron chi connectivity index (χ0n) is 13.0. The number of halogens is 2. The molecule has 4 nitrogen and oxygen atoms in total. The third-order valence-corrected chi connectivity index (χ3v) is 4.64. The van der Waals surface area contributed by atoms with Crippen LogP contribution in [-0.4, -0.2) is 10.9 Å². The van der Waals surface area contributed by atoms with Gasteiger partial charge in [0, 0.05) is 27.5 Å². The summed E-state index contributed by atoms with van der Waals surface area (Å²) < 4.78 is 5.66. The van der Waals surface area contributed by atoms with Crippen molar-refractivity contribution in [3.63, 3.8) is 0 Å². The van der Waals surface area contributed by atoms with Crippen molar-refractivity contribution in [2.75, 3.05) is 0 Å². The van der Waals surface area contributed by atoms with Crippen LogP contribution in [0, 0.1) is 0 Å². The summed E-state index contributed by atoms with van der Waals surface area (Å²) in [5.41, 5.74) is 3.93. The van der Waals surface area contributed by atoms with E-state index in [0.717, 1.165) is 11.3 Å². The molecule has 0 saturated carbocycles. The van der Waals surface area contributed by atoms with Crippen molar-refractivity contribution < 1.29 is 9.53 Å². The quantitative estimate of drug-likeness (QED) is 0.644. The standard InChI is InChI=1S/C18H14Cl2N2O2S/c19-14-5-4-13(17(20)7-14)8-21-18(23)12-2-1-3-16(6-12)24-9-15-10-25-11-22-15/h1-7,10-11H,8-9H2,(H,21,23). The summed E-state index contributed by atoms with van der Waals surface area (Å²) in [5, 5.41) is 5.84. The summed E-state index contributed by atoms with van der Waals surface area (Å²) in [6.45, 7) is 0.688. The predicted molar refractivity (Wildman–Crippen MR) is 101 cm³/mol. The Morgan fingerprint density at radius 1 is 1.20 bits per heavy atom. The molecular formula is C18H14Cl2N2O2S. The molecular weight excluding hydrogens is 379 g/mol. The molecule has 3 aromatic rings. The van der Waals surface area contributed by atoms with E-state index in [1.54, 1.807) is 48.0 Å². The molecule has 128 valence electrons. The summed E-state index contributed by atoms with van der Waals surface area (Å²) in [4.78, 5) is 16.5. The van der Waals surface area contributed by atoms with E-state index in [1.165, 1.54) is 11.3 Å². The second-order valence-electron chi connectivity index (χ2n) is 5.21. The fourth-order valence-electron chi connectivity index (χ4n) is 2.14. The van der Waals surface area contributed by atoms with E-state index >= 15 is 0 Å². The van der Waals surface area contributed by atoms with Crippen molar-refractivity contribution in [2.24, 2.45) is 0 Å². The average Bonchev–Trinajstić information content (AvgIpc) is 3.13. The number of rotatable bonds is 6. The first-order chi connectivity index (χ1) is 12.1. The van der Waals surface area contributed by atoms with E-state index in [0.29, 0.717) is 34.5 Å². The molecule has 0 aliphatic heterocycles. The minimum atomic E-state index is -0.204. The van der Waals surface area contributed by atoms with Gasteiger partial charge in [-0.15, -0.1) is 11.3 Å². The number of nitrogens with one attached hydrogen (secondary N) is 1. The van der Waals surface area contributed by atoms with Crippen molar-refractivity contribution in [3.05, 3.63) is 80.2 Å². The molecule has 1 aromatic heterocycles. The summed E-state index contributed by atoms with van der Waals surface area (Å²) in [7, 11) is 0. The Morgan fingerprint density at radius 2 is 2.08 bits per heavy atom. The maximum Gasteiger partial charge on any atom is 0.251 e. The highest BCUT2D eigenvalue weighted by molar-refractivity contribution is 7.07. The lowest BCUT2D eigenvalue weighted by Crippen LogP contribution is -2.22. The van der Waals surface area contributed by atoms with Crippen LogP contribution in [0.5, 0.6) is 5.75 Å². The van der Waals surface area contributed by atoms with Gasteiger partial charge in [-0.1, -0.05) is 35.3 Å². The second-order valence-corrected chi connectivity index (χ2v) is 6.78. The molecule has 1 heterocycles. The van der Waals surface area contributed by atoms with Gasteiger partial charge in [0.25, 0.3) is 5.91 Å². The zero-order valence-corrected chi connectivity index (χ0v) is 15.4. The molecule has 0 aliphatic rings. The topological polar surface area (TPSA) is 51.2 Å². The maximum absolute atomic E-state index is 12.3. The Labute approximate surface area is 159 Å². The van der Waals surface area contributed by atoms with Crippen LogP contribution in [0.25, 0.3) is 0 Å². The van der Waals surface area contributed by atoms with Crippen LogP contribution in [0.15, 0.2) is 53.4 Å². The van der Waals surface area contributed by atoms with E-state index in [1.807, 2.05) is 5.38 Å². The average molecular weight is 393 g/mol. The van der Waals surface area contributed by atoms with Crippen molar-refractivity contribution in [3.8, 4) is 5.75 Å². The Kier molecular flexibility index (Phi) is 5.91. The highest BCUT2D eigenvalue weighted by Gasteiger charge is 2.09. The summed E-state index contributed by atoms with van der Waals surface area (Å²) >= 11 is 13.5. The van der Waals surface area contributed by atoms with Crippen molar-refractivity contribution in [1.82, 2.24) is 10.3 Å². The van der Waals surface area contributed by atoms with Crippen LogP contribution in [0.1, 0.15) is 21.6 Å². The third kappa shape index (κ3) is 4.95. The molecule has 0 spiro atoms. The van der Waals surface area contributed by atoms with E-state index in [-0.39, 0.29) is 5.91 Å². The maximum atomic E-state index is 12.3. The SMILES string of the molecule is O=C(NCc1ccc(Cl)cc1Cl)c1cccc(OCc2cscn2)c1. The number of ether oxygens (including phenoxy) is 1. The molecule has 0 radical (unpaired) electrons. The van der Waals surface area contributed by atoms with Gasteiger partial charge in [0.1, 0.15) is 12.4 Å². The fourth-order valence-corrected chi connectivity index (χ4v) is 3.15. The van der Waals surface area contributed by atoms with Gasteiger partial charge in [0.2, 0.25) is 0 Å². The number of thiazole rings is 1. The molecule has 0 bridgehead atoms. The number of nitrogens with zero attached hydrogens (tertiary/aromatic N) is 1. The Morgan fingerprint density at radius 3 is 2.84 bits per heavy atom. The minimum Gasteiger partial charge on any atom is -0.487 e. The van der Waals surface area contributed by atoms with E-state index in [4.69, 9.17) is 27.9 Å². The molecule has 0 atom stereocenters. The Balaban J connectivity index is 1.60. The fraction of sp³-hybridized carbons (Fsp3) is 0.111. The van der Waals surface area contributed by atoms with Gasteiger partial charge in [-0.3, -0.25) is 4.79 Å². The highest BCUT2D eigenvalue weighted by atomic mass is 35.5. The first kappa shape index (κ1) is 17.7. The predicted octanol–water partition coefficient (Wildman–Crippen LogP) is 4.96. The van der Waals surface area contributed by atoms with Crippen LogP contribution < -0.4 is 10.1 Å². The molecule has 1 N–H and O–H groups in total. The van der Waals surface area contributed by atoms with Gasteiger partial charge in [-0.25, -0.2) is 4.98 Å². The van der Waals surface area contributed by atoms with Gasteiger partial charge < -0.3 is 10.1 Å². The molecule has 0 saturated heterocycles. The first-order valence-corrected chi connectivity index (χ1v) is 9.14. The monoisotopic (exact) mass is 392 g/mol. The lowest BCUT2D eigenvalue weighted by atomic mass is 10.2. The summed E-state index contributed by atoms with van der Waals surface area (Å²) in [6, 6.07) is 12.2. The number of amides is 1. The van der Waals surface area contributed by atoms with Gasteiger partial charge in [-0.05, 0) is 35.9 Å². The number of carbonyl (C=O) groups excluding carboxylic acids is 1. The Hall–Kier alpha value is -2.08. The van der Waals surface area contributed by atoms with Crippen molar-refractivity contribution in [2.45, 2.75) is 13.2 Å². The van der Waals surface area contributed by atoms with Gasteiger partial charge in [0.15, 0.2) is 0 Å². The van der Waals surface area contributed by atoms with Crippen LogP contribution in [0.2, 0.25) is 10.0 Å². The van der Waals surface area contributed by atoms with Crippen LogP contribution >= 0.6 is 34.5 Å². The normalized spacial score (nSPS) is 10.5. The lowest BCUT2D eigenvalue weighted by Gasteiger charge is -2.09. The molecule has 0 fully saturated rings. The number of carbonyl (C=O) groups is 1. The molecule has 25 heavy (non-hydrogen) atoms. The van der Waals surface area contributed by atoms with E-state index in [9.17, 15) is 4.79 Å². The van der Waals surface area contributed by atoms with Crippen molar-refractivity contribution >= 4 is 40.4 Å². The van der Waals surface area contributed by atoms with E-state index < -0.39 is 0 Å². The lowest BCUT2D eigenvalue weighted by molar-refractivity contribution is 0.0950. The molecule has 7 heteroatoms. The highest BCUT2D eigenvalue weighted by Crippen LogP contribution is 2.21. The van der Waals surface area contributed by atoms with Gasteiger partial charge in [-0.2, -0.15) is 0 Å². The second kappa shape index (κ2) is 8.34. The van der Waals surface area contributed by atoms with E-state index in [2.05, 4.69) is 10.3 Å². The molecule has 2 aromatic carbocycles. The molecule has 1 amide bonds. The number of aromatic nitrogens is 1. The largest absolute Gasteiger partial charge is 0.487 e. The molecule has 3 rings (SSSR count). The van der Waals surface area contributed by atoms with Crippen LogP contribution in [0.3, 0.4) is 0 Å². The van der Waals surface area contributed by atoms with Crippen molar-refractivity contribution in [1.29, 1.82) is 0 Å². The van der Waals surface area contributed by atoms with Crippen LogP contribution in [-0.2, 0) is 13.2 Å². The first-order valence-electron chi connectivity index (χ1n) is 7.44. The van der Waals surface area contributed by atoms with Crippen LogP contribution in [0.4, 0.5) is 0 Å². The Bertz CT molecular complexity index is 869. The zero-order chi connectivity index (χ0) is 17.6. The number of benzene rings is 2. The third-order valence-electron chi connectivity index (χ3n) is 3.42. The van der Waals surface area contributed by atoms with Gasteiger partial charge >= 0.3 is 0 Å². The smallest absolute Gasteiger partial charge is 0.251 e. The summed E-state index contributed by atoms with van der Waals surface area (Å²) in [5.74, 6) is 0.412. The summed E-state index contributed by atoms with van der Waals surface area (Å²) in [6.07, 6.45) is 0. The van der Waals surface area contributed by atoms with Gasteiger partial charge in [0.05, 0.1) is 11.2 Å². The number of hydrogen-bond donors (Lipinski definition) is 1. The molecule has 0 aliphatic carbocycles. The minimum absolute atomic E-state index is 0.204. The molecule has 0 unspecified atom stereocenters. The number of hydrogen-bond acceptors (Lipinski definition) is 4.